The van der Waals surface area contributed by atoms with E-state index in [0.29, 0.717) is 0 Å². The Hall–Kier alpha value is -0.930. The molecule has 1 aromatic heterocycles. The summed E-state index contributed by atoms with van der Waals surface area (Å²) in [6, 6.07) is 6.77. The van der Waals surface area contributed by atoms with E-state index in [1.165, 1.54) is 25.8 Å². The van der Waals surface area contributed by atoms with Gasteiger partial charge in [0.25, 0.3) is 0 Å². The summed E-state index contributed by atoms with van der Waals surface area (Å²) in [6.45, 7) is 3.16. The standard InChI is InChI=1S/C12H19N3/c1-2-7-15-12(4-1)10-13-9-6-11-5-3-8-14-11/h1-2,4,7,11,13-14H,3,5-6,8-10H2. The lowest BCUT2D eigenvalue weighted by atomic mass is 10.1. The van der Waals surface area contributed by atoms with Gasteiger partial charge in [0, 0.05) is 18.8 Å². The zero-order valence-corrected chi connectivity index (χ0v) is 9.08. The molecule has 0 saturated carbocycles. The molecule has 0 aliphatic carbocycles. The second-order valence-electron chi connectivity index (χ2n) is 4.08. The summed E-state index contributed by atoms with van der Waals surface area (Å²) in [6.07, 6.45) is 5.75. The third-order valence-electron chi connectivity index (χ3n) is 2.86. The number of pyridine rings is 1. The fourth-order valence-electron chi connectivity index (χ4n) is 2.00. The molecule has 3 heteroatoms. The minimum Gasteiger partial charge on any atom is -0.314 e. The predicted molar refractivity (Wildman–Crippen MR) is 61.6 cm³/mol. The van der Waals surface area contributed by atoms with Crippen LogP contribution in [-0.2, 0) is 6.54 Å². The van der Waals surface area contributed by atoms with E-state index >= 15 is 0 Å². The first-order chi connectivity index (χ1) is 7.45. The third-order valence-corrected chi connectivity index (χ3v) is 2.86. The van der Waals surface area contributed by atoms with Crippen LogP contribution in [0.2, 0.25) is 0 Å². The first-order valence-corrected chi connectivity index (χ1v) is 5.79. The average Bonchev–Trinajstić information content (AvgIpc) is 2.79. The Kier molecular flexibility index (Phi) is 4.11. The van der Waals surface area contributed by atoms with Crippen LogP contribution in [0.5, 0.6) is 0 Å². The Morgan fingerprint density at radius 1 is 1.47 bits per heavy atom. The smallest absolute Gasteiger partial charge is 0.0541 e. The highest BCUT2D eigenvalue weighted by atomic mass is 15.0. The molecule has 82 valence electrons. The summed E-state index contributed by atoms with van der Waals surface area (Å²) in [4.78, 5) is 4.27. The average molecular weight is 205 g/mol. The van der Waals surface area contributed by atoms with Crippen LogP contribution < -0.4 is 10.6 Å². The van der Waals surface area contributed by atoms with Crippen LogP contribution in [0.15, 0.2) is 24.4 Å². The Labute approximate surface area is 91.3 Å². The summed E-state index contributed by atoms with van der Waals surface area (Å²) in [5.74, 6) is 0. The maximum absolute atomic E-state index is 4.27. The summed E-state index contributed by atoms with van der Waals surface area (Å²) < 4.78 is 0. The molecule has 0 aromatic carbocycles. The summed E-state index contributed by atoms with van der Waals surface area (Å²) in [7, 11) is 0. The Balaban J connectivity index is 1.59. The quantitative estimate of drug-likeness (QED) is 0.712. The maximum Gasteiger partial charge on any atom is 0.0541 e. The molecule has 0 spiro atoms. The SMILES string of the molecule is c1ccc(CNCCC2CCCN2)nc1. The van der Waals surface area contributed by atoms with Crippen LogP contribution >= 0.6 is 0 Å². The predicted octanol–water partition coefficient (Wildman–Crippen LogP) is 1.31. The number of hydrogen-bond acceptors (Lipinski definition) is 3. The second kappa shape index (κ2) is 5.83. The minimum atomic E-state index is 0.737. The van der Waals surface area contributed by atoms with Gasteiger partial charge in [0.15, 0.2) is 0 Å². The molecule has 0 bridgehead atoms. The molecule has 2 rings (SSSR count). The van der Waals surface area contributed by atoms with Crippen LogP contribution in [0.25, 0.3) is 0 Å². The van der Waals surface area contributed by atoms with E-state index in [2.05, 4.69) is 21.7 Å². The van der Waals surface area contributed by atoms with E-state index in [1.54, 1.807) is 0 Å². The molecule has 1 aliphatic rings. The van der Waals surface area contributed by atoms with Gasteiger partial charge in [-0.25, -0.2) is 0 Å². The monoisotopic (exact) mass is 205 g/mol. The fraction of sp³-hybridized carbons (Fsp3) is 0.583. The van der Waals surface area contributed by atoms with Gasteiger partial charge in [-0.3, -0.25) is 4.98 Å². The number of nitrogens with one attached hydrogen (secondary N) is 2. The molecular weight excluding hydrogens is 186 g/mol. The van der Waals surface area contributed by atoms with Crippen molar-refractivity contribution >= 4 is 0 Å². The highest BCUT2D eigenvalue weighted by molar-refractivity contribution is 5.02. The van der Waals surface area contributed by atoms with E-state index in [9.17, 15) is 0 Å². The lowest BCUT2D eigenvalue weighted by Gasteiger charge is -2.10. The Morgan fingerprint density at radius 2 is 2.47 bits per heavy atom. The number of nitrogens with zero attached hydrogens (tertiary/aromatic N) is 1. The van der Waals surface area contributed by atoms with Crippen molar-refractivity contribution in [2.75, 3.05) is 13.1 Å². The molecule has 15 heavy (non-hydrogen) atoms. The fourth-order valence-corrected chi connectivity index (χ4v) is 2.00. The summed E-state index contributed by atoms with van der Waals surface area (Å²) in [5.41, 5.74) is 1.12. The van der Waals surface area contributed by atoms with Crippen molar-refractivity contribution in [1.82, 2.24) is 15.6 Å². The second-order valence-corrected chi connectivity index (χ2v) is 4.08. The molecule has 2 heterocycles. The van der Waals surface area contributed by atoms with Crippen LogP contribution in [0.1, 0.15) is 25.0 Å². The third kappa shape index (κ3) is 3.61. The van der Waals surface area contributed by atoms with Crippen molar-refractivity contribution in [1.29, 1.82) is 0 Å². The number of aromatic nitrogens is 1. The molecule has 1 saturated heterocycles. The van der Waals surface area contributed by atoms with Gasteiger partial charge in [-0.1, -0.05) is 6.07 Å². The summed E-state index contributed by atoms with van der Waals surface area (Å²) >= 11 is 0. The van der Waals surface area contributed by atoms with Crippen LogP contribution in [0.4, 0.5) is 0 Å². The molecule has 0 radical (unpaired) electrons. The van der Waals surface area contributed by atoms with Crippen molar-refractivity contribution in [2.45, 2.75) is 31.8 Å². The normalized spacial score (nSPS) is 20.7. The number of hydrogen-bond donors (Lipinski definition) is 2. The van der Waals surface area contributed by atoms with Gasteiger partial charge >= 0.3 is 0 Å². The zero-order valence-electron chi connectivity index (χ0n) is 9.08. The van der Waals surface area contributed by atoms with E-state index < -0.39 is 0 Å². The van der Waals surface area contributed by atoms with Crippen LogP contribution in [0, 0.1) is 0 Å². The highest BCUT2D eigenvalue weighted by Gasteiger charge is 2.12. The first-order valence-electron chi connectivity index (χ1n) is 5.79. The van der Waals surface area contributed by atoms with Crippen LogP contribution in [-0.4, -0.2) is 24.1 Å². The van der Waals surface area contributed by atoms with E-state index in [-0.39, 0.29) is 0 Å². The van der Waals surface area contributed by atoms with Gasteiger partial charge in [0.1, 0.15) is 0 Å². The minimum absolute atomic E-state index is 0.737. The molecule has 1 aromatic rings. The molecule has 1 atom stereocenters. The van der Waals surface area contributed by atoms with E-state index in [4.69, 9.17) is 0 Å². The van der Waals surface area contributed by atoms with Crippen molar-refractivity contribution in [2.24, 2.45) is 0 Å². The molecule has 1 aliphatic heterocycles. The molecule has 3 nitrogen and oxygen atoms in total. The molecular formula is C12H19N3. The van der Waals surface area contributed by atoms with Gasteiger partial charge in [0.05, 0.1) is 5.69 Å². The number of rotatable bonds is 5. The van der Waals surface area contributed by atoms with E-state index in [0.717, 1.165) is 24.8 Å². The van der Waals surface area contributed by atoms with Crippen LogP contribution in [0.3, 0.4) is 0 Å². The van der Waals surface area contributed by atoms with Crippen molar-refractivity contribution in [3.63, 3.8) is 0 Å². The topological polar surface area (TPSA) is 37.0 Å². The van der Waals surface area contributed by atoms with Crippen molar-refractivity contribution in [3.8, 4) is 0 Å². The Morgan fingerprint density at radius 3 is 3.20 bits per heavy atom. The molecule has 2 N–H and O–H groups in total. The van der Waals surface area contributed by atoms with Gasteiger partial charge in [-0.2, -0.15) is 0 Å². The van der Waals surface area contributed by atoms with Crippen molar-refractivity contribution in [3.05, 3.63) is 30.1 Å². The highest BCUT2D eigenvalue weighted by Crippen LogP contribution is 2.07. The Bertz CT molecular complexity index is 267. The largest absolute Gasteiger partial charge is 0.314 e. The maximum atomic E-state index is 4.27. The van der Waals surface area contributed by atoms with Crippen molar-refractivity contribution < 1.29 is 0 Å². The molecule has 1 unspecified atom stereocenters. The van der Waals surface area contributed by atoms with Gasteiger partial charge in [0.2, 0.25) is 0 Å². The lowest BCUT2D eigenvalue weighted by Crippen LogP contribution is -2.27. The van der Waals surface area contributed by atoms with Gasteiger partial charge < -0.3 is 10.6 Å². The lowest BCUT2D eigenvalue weighted by molar-refractivity contribution is 0.521. The zero-order chi connectivity index (χ0) is 10.3. The van der Waals surface area contributed by atoms with Gasteiger partial charge in [-0.05, 0) is 44.5 Å². The van der Waals surface area contributed by atoms with E-state index in [1.807, 2.05) is 18.3 Å². The molecule has 0 amide bonds. The first kappa shape index (κ1) is 10.6. The molecule has 1 fully saturated rings. The van der Waals surface area contributed by atoms with Gasteiger partial charge in [-0.15, -0.1) is 0 Å². The summed E-state index contributed by atoms with van der Waals surface area (Å²) in [5, 5.41) is 6.93.